The average Bonchev–Trinajstić information content (AvgIpc) is 3.84. The van der Waals surface area contributed by atoms with Crippen molar-refractivity contribution in [2.24, 2.45) is 0 Å². The Kier molecular flexibility index (Phi) is 6.97. The number of fused-ring (bicyclic) bond motifs is 6. The monoisotopic (exact) mass is 708 g/mol. The molecule has 8 aromatic carbocycles. The van der Waals surface area contributed by atoms with Crippen LogP contribution in [0.4, 0.5) is 0 Å². The molecule has 0 saturated carbocycles. The van der Waals surface area contributed by atoms with Crippen LogP contribution in [-0.2, 0) is 0 Å². The summed E-state index contributed by atoms with van der Waals surface area (Å²) < 4.78 is 9.07. The number of aromatic nitrogens is 4. The fourth-order valence-electron chi connectivity index (χ4n) is 7.44. The Hall–Kier alpha value is -7.02. The van der Waals surface area contributed by atoms with Gasteiger partial charge in [0.25, 0.3) is 0 Å². The Morgan fingerprint density at radius 3 is 1.69 bits per heavy atom. The molecular weight excluding hydrogens is 681 g/mol. The van der Waals surface area contributed by atoms with Gasteiger partial charge < -0.3 is 4.42 Å². The van der Waals surface area contributed by atoms with Crippen molar-refractivity contribution in [2.45, 2.75) is 0 Å². The molecule has 0 N–H and O–H groups in total. The van der Waals surface area contributed by atoms with Crippen LogP contribution < -0.4 is 0 Å². The lowest BCUT2D eigenvalue weighted by Crippen LogP contribution is -2.00. The maximum absolute atomic E-state index is 6.79. The molecule has 0 aliphatic rings. The molecule has 0 spiro atoms. The van der Waals surface area contributed by atoms with E-state index in [1.54, 1.807) is 11.3 Å². The van der Waals surface area contributed by atoms with Crippen LogP contribution in [0.2, 0.25) is 0 Å². The first-order valence-electron chi connectivity index (χ1n) is 17.9. The third-order valence-electron chi connectivity index (χ3n) is 10.1. The van der Waals surface area contributed by atoms with Crippen LogP contribution in [0.15, 0.2) is 174 Å². The van der Waals surface area contributed by atoms with Crippen molar-refractivity contribution in [1.82, 2.24) is 19.9 Å². The molecule has 5 nitrogen and oxygen atoms in total. The Balaban J connectivity index is 1.13. The Morgan fingerprint density at radius 2 is 0.944 bits per heavy atom. The molecule has 0 bridgehead atoms. The molecule has 0 radical (unpaired) electrons. The van der Waals surface area contributed by atoms with E-state index in [1.807, 2.05) is 30.3 Å². The smallest absolute Gasteiger partial charge is 0.227 e. The lowest BCUT2D eigenvalue weighted by Gasteiger charge is -2.10. The number of rotatable bonds is 5. The van der Waals surface area contributed by atoms with E-state index in [4.69, 9.17) is 24.4 Å². The minimum Gasteiger partial charge on any atom is -0.435 e. The van der Waals surface area contributed by atoms with Crippen LogP contribution in [0.25, 0.3) is 110 Å². The van der Waals surface area contributed by atoms with Crippen LogP contribution >= 0.6 is 11.3 Å². The molecule has 11 rings (SSSR count). The van der Waals surface area contributed by atoms with Gasteiger partial charge in [0.05, 0.1) is 5.56 Å². The van der Waals surface area contributed by atoms with Gasteiger partial charge in [0.15, 0.2) is 23.1 Å². The van der Waals surface area contributed by atoms with Crippen LogP contribution in [0.3, 0.4) is 0 Å². The second kappa shape index (κ2) is 12.3. The molecule has 54 heavy (non-hydrogen) atoms. The van der Waals surface area contributed by atoms with E-state index in [2.05, 4.69) is 140 Å². The van der Waals surface area contributed by atoms with Crippen molar-refractivity contribution in [2.75, 3.05) is 0 Å². The van der Waals surface area contributed by atoms with Crippen LogP contribution in [0.1, 0.15) is 0 Å². The summed E-state index contributed by atoms with van der Waals surface area (Å²) >= 11 is 1.74. The van der Waals surface area contributed by atoms with E-state index in [1.165, 1.54) is 20.9 Å². The summed E-state index contributed by atoms with van der Waals surface area (Å²) in [5.41, 5.74) is 7.22. The zero-order valence-electron chi connectivity index (χ0n) is 28.8. The van der Waals surface area contributed by atoms with Crippen molar-refractivity contribution >= 4 is 64.2 Å². The first-order chi connectivity index (χ1) is 26.7. The van der Waals surface area contributed by atoms with Crippen molar-refractivity contribution in [3.05, 3.63) is 170 Å². The second-order valence-corrected chi connectivity index (χ2v) is 14.5. The van der Waals surface area contributed by atoms with Gasteiger partial charge in [0.2, 0.25) is 5.89 Å². The molecule has 0 saturated heterocycles. The molecule has 0 amide bonds. The van der Waals surface area contributed by atoms with Gasteiger partial charge in [-0.3, -0.25) is 0 Å². The summed E-state index contributed by atoms with van der Waals surface area (Å²) in [4.78, 5) is 20.6. The molecule has 0 atom stereocenters. The van der Waals surface area contributed by atoms with Gasteiger partial charge in [0.1, 0.15) is 5.52 Å². The summed E-state index contributed by atoms with van der Waals surface area (Å²) in [6, 6.07) is 58.8. The van der Waals surface area contributed by atoms with Gasteiger partial charge in [-0.25, -0.2) is 19.9 Å². The first kappa shape index (κ1) is 30.6. The van der Waals surface area contributed by atoms with Crippen LogP contribution in [0, 0.1) is 0 Å². The van der Waals surface area contributed by atoms with E-state index >= 15 is 0 Å². The maximum Gasteiger partial charge on any atom is 0.227 e. The van der Waals surface area contributed by atoms with Crippen LogP contribution in [0.5, 0.6) is 0 Å². The van der Waals surface area contributed by atoms with Crippen molar-refractivity contribution in [3.63, 3.8) is 0 Å². The van der Waals surface area contributed by atoms with E-state index in [-0.39, 0.29) is 0 Å². The Morgan fingerprint density at radius 1 is 0.389 bits per heavy atom. The predicted octanol–water partition coefficient (Wildman–Crippen LogP) is 13.0. The van der Waals surface area contributed by atoms with Gasteiger partial charge in [-0.1, -0.05) is 140 Å². The van der Waals surface area contributed by atoms with Crippen LogP contribution in [-0.4, -0.2) is 19.9 Å². The number of benzene rings is 8. The summed E-state index contributed by atoms with van der Waals surface area (Å²) in [6.45, 7) is 0. The zero-order valence-corrected chi connectivity index (χ0v) is 29.6. The largest absolute Gasteiger partial charge is 0.435 e. The lowest BCUT2D eigenvalue weighted by atomic mass is 10.00. The number of hydrogen-bond acceptors (Lipinski definition) is 6. The molecule has 3 heterocycles. The predicted molar refractivity (Wildman–Crippen MR) is 222 cm³/mol. The quantitative estimate of drug-likeness (QED) is 0.178. The first-order valence-corrected chi connectivity index (χ1v) is 18.7. The molecule has 6 heteroatoms. The topological polar surface area (TPSA) is 64.7 Å². The Bertz CT molecular complexity index is 3220. The summed E-state index contributed by atoms with van der Waals surface area (Å²) in [7, 11) is 0. The fraction of sp³-hybridized carbons (Fsp3) is 0. The fourth-order valence-corrected chi connectivity index (χ4v) is 8.59. The highest BCUT2D eigenvalue weighted by Crippen LogP contribution is 2.45. The normalized spacial score (nSPS) is 11.7. The standard InChI is InChI=1S/C48H28N4OS/c1-2-12-32(13-3-1)45-50-46(33-22-18-31(19-23-33)36-24-20-29-10-4-6-14-34(29)26-36)52-47(51-45)43-42-38-16-8-9-17-40(38)54-41(42)28-39-44(43)53-48(49-39)37-25-21-30-11-5-7-15-35(30)27-37/h1-28H. The Labute approximate surface area is 313 Å². The minimum atomic E-state index is 0.540. The number of nitrogens with zero attached hydrogens (tertiary/aromatic N) is 4. The zero-order chi connectivity index (χ0) is 35.6. The van der Waals surface area contributed by atoms with Gasteiger partial charge in [0, 0.05) is 36.9 Å². The second-order valence-electron chi connectivity index (χ2n) is 13.5. The molecule has 0 unspecified atom stereocenters. The summed E-state index contributed by atoms with van der Waals surface area (Å²) in [5.74, 6) is 2.27. The highest BCUT2D eigenvalue weighted by atomic mass is 32.1. The highest BCUT2D eigenvalue weighted by molar-refractivity contribution is 7.26. The third kappa shape index (κ3) is 5.15. The van der Waals surface area contributed by atoms with Gasteiger partial charge >= 0.3 is 0 Å². The lowest BCUT2D eigenvalue weighted by molar-refractivity contribution is 0.621. The minimum absolute atomic E-state index is 0.540. The number of oxazole rings is 1. The van der Waals surface area contributed by atoms with Gasteiger partial charge in [-0.2, -0.15) is 0 Å². The van der Waals surface area contributed by atoms with E-state index in [0.717, 1.165) is 59.8 Å². The molecule has 3 aromatic heterocycles. The van der Waals surface area contributed by atoms with Crippen molar-refractivity contribution in [3.8, 4) is 56.7 Å². The molecule has 11 aromatic rings. The molecular formula is C48H28N4OS. The maximum atomic E-state index is 6.79. The van der Waals surface area contributed by atoms with Crippen molar-refractivity contribution in [1.29, 1.82) is 0 Å². The van der Waals surface area contributed by atoms with Gasteiger partial charge in [-0.05, 0) is 63.0 Å². The van der Waals surface area contributed by atoms with Gasteiger partial charge in [-0.15, -0.1) is 11.3 Å². The molecule has 0 aliphatic carbocycles. The number of hydrogen-bond donors (Lipinski definition) is 0. The van der Waals surface area contributed by atoms with E-state index in [9.17, 15) is 0 Å². The average molecular weight is 709 g/mol. The molecule has 0 aliphatic heterocycles. The SMILES string of the molecule is c1ccc(-c2nc(-c3ccc(-c4ccc5ccccc5c4)cc3)nc(-c3c4oc(-c5ccc6ccccc6c5)nc4cc4sc5ccccc5c34)n2)cc1. The van der Waals surface area contributed by atoms with E-state index < -0.39 is 0 Å². The number of thiophene rings is 1. The molecule has 252 valence electrons. The summed E-state index contributed by atoms with van der Waals surface area (Å²) in [6.07, 6.45) is 0. The highest BCUT2D eigenvalue weighted by Gasteiger charge is 2.24. The molecule has 0 fully saturated rings. The van der Waals surface area contributed by atoms with Crippen molar-refractivity contribution < 1.29 is 4.42 Å². The van der Waals surface area contributed by atoms with E-state index in [0.29, 0.717) is 28.9 Å². The third-order valence-corrected chi connectivity index (χ3v) is 11.3. The summed E-state index contributed by atoms with van der Waals surface area (Å²) in [5, 5.41) is 6.91.